The van der Waals surface area contributed by atoms with Gasteiger partial charge in [-0.3, -0.25) is 4.57 Å². The maximum absolute atomic E-state index is 9.42. The number of ether oxygens (including phenoxy) is 1. The molecule has 3 aromatic heterocycles. The number of imidazole rings is 1. The van der Waals surface area contributed by atoms with Gasteiger partial charge >= 0.3 is 0 Å². The Hall–Kier alpha value is -4.13. The van der Waals surface area contributed by atoms with Gasteiger partial charge in [0.2, 0.25) is 5.88 Å². The van der Waals surface area contributed by atoms with Crippen LogP contribution in [-0.2, 0) is 0 Å². The van der Waals surface area contributed by atoms with Crippen LogP contribution in [0.25, 0.3) is 21.9 Å². The molecule has 1 N–H and O–H groups in total. The van der Waals surface area contributed by atoms with Gasteiger partial charge in [-0.1, -0.05) is 23.4 Å². The highest BCUT2D eigenvalue weighted by atomic mass is 16.5. The average Bonchev–Trinajstić information content (AvgIpc) is 3.33. The molecule has 0 aliphatic carbocycles. The van der Waals surface area contributed by atoms with Crippen molar-refractivity contribution >= 4 is 27.8 Å². The predicted octanol–water partition coefficient (Wildman–Crippen LogP) is 4.96. The molecule has 7 nitrogen and oxygen atoms in total. The van der Waals surface area contributed by atoms with E-state index in [0.717, 1.165) is 21.9 Å². The minimum absolute atomic E-state index is 0.338. The third kappa shape index (κ3) is 2.98. The summed E-state index contributed by atoms with van der Waals surface area (Å²) in [5.41, 5.74) is 2.28. The summed E-state index contributed by atoms with van der Waals surface area (Å²) in [5, 5.41) is 14.8. The van der Waals surface area contributed by atoms with Gasteiger partial charge in [0.25, 0.3) is 0 Å². The van der Waals surface area contributed by atoms with Crippen LogP contribution in [0.4, 0.5) is 0 Å². The standard InChI is InChI=1S/C22H16N4O3/c1-14-23-10-11-26(14)22(25-27)15-6-9-21(24-13-15)28-16-7-8-20-18(12-16)17-4-2-3-5-19(17)29-20/h2-13,27H,1H3/b25-22-. The molecule has 7 heteroatoms. The minimum atomic E-state index is 0.338. The van der Waals surface area contributed by atoms with Crippen molar-refractivity contribution in [1.29, 1.82) is 0 Å². The Bertz CT molecular complexity index is 1350. The van der Waals surface area contributed by atoms with Crippen molar-refractivity contribution in [2.45, 2.75) is 6.92 Å². The van der Waals surface area contributed by atoms with Gasteiger partial charge in [-0.2, -0.15) is 0 Å². The third-order valence-electron chi connectivity index (χ3n) is 4.71. The molecule has 0 saturated carbocycles. The first kappa shape index (κ1) is 17.0. The quantitative estimate of drug-likeness (QED) is 0.206. The smallest absolute Gasteiger partial charge is 0.219 e. The number of hydrogen-bond donors (Lipinski definition) is 1. The number of aryl methyl sites for hydroxylation is 1. The highest BCUT2D eigenvalue weighted by Crippen LogP contribution is 2.32. The van der Waals surface area contributed by atoms with Gasteiger partial charge in [0, 0.05) is 41.0 Å². The number of aromatic nitrogens is 3. The van der Waals surface area contributed by atoms with E-state index in [-0.39, 0.29) is 0 Å². The van der Waals surface area contributed by atoms with Crippen LogP contribution in [0.2, 0.25) is 0 Å². The topological polar surface area (TPSA) is 85.7 Å². The lowest BCUT2D eigenvalue weighted by Crippen LogP contribution is -2.14. The molecule has 0 spiro atoms. The Morgan fingerprint density at radius 1 is 1.03 bits per heavy atom. The number of pyridine rings is 1. The SMILES string of the molecule is Cc1nccn1/C(=N\O)c1ccc(Oc2ccc3oc4ccccc4c3c2)nc1. The van der Waals surface area contributed by atoms with Gasteiger partial charge < -0.3 is 14.4 Å². The summed E-state index contributed by atoms with van der Waals surface area (Å²) in [6.07, 6.45) is 4.95. The Morgan fingerprint density at radius 2 is 1.90 bits per heavy atom. The summed E-state index contributed by atoms with van der Waals surface area (Å²) in [6.45, 7) is 1.83. The summed E-state index contributed by atoms with van der Waals surface area (Å²) < 4.78 is 13.4. The summed E-state index contributed by atoms with van der Waals surface area (Å²) in [6, 6.07) is 17.1. The van der Waals surface area contributed by atoms with Crippen LogP contribution in [0.5, 0.6) is 11.6 Å². The second-order valence-corrected chi connectivity index (χ2v) is 6.51. The molecule has 0 aliphatic rings. The van der Waals surface area contributed by atoms with E-state index in [1.807, 2.05) is 49.4 Å². The van der Waals surface area contributed by atoms with E-state index >= 15 is 0 Å². The Morgan fingerprint density at radius 3 is 2.66 bits per heavy atom. The monoisotopic (exact) mass is 384 g/mol. The molecule has 0 unspecified atom stereocenters. The van der Waals surface area contributed by atoms with Gasteiger partial charge in [0.1, 0.15) is 22.7 Å². The molecule has 5 aromatic rings. The lowest BCUT2D eigenvalue weighted by atomic mass is 10.1. The maximum Gasteiger partial charge on any atom is 0.219 e. The highest BCUT2D eigenvalue weighted by Gasteiger charge is 2.12. The Kier molecular flexibility index (Phi) is 3.98. The van der Waals surface area contributed by atoms with Crippen LogP contribution >= 0.6 is 0 Å². The van der Waals surface area contributed by atoms with Crippen molar-refractivity contribution in [2.75, 3.05) is 0 Å². The fourth-order valence-electron chi connectivity index (χ4n) is 3.31. The summed E-state index contributed by atoms with van der Waals surface area (Å²) in [5.74, 6) is 2.13. The van der Waals surface area contributed by atoms with Crippen molar-refractivity contribution in [1.82, 2.24) is 14.5 Å². The van der Waals surface area contributed by atoms with Gasteiger partial charge in [0.15, 0.2) is 5.84 Å². The first-order chi connectivity index (χ1) is 14.2. The van der Waals surface area contributed by atoms with E-state index in [9.17, 15) is 5.21 Å². The lowest BCUT2D eigenvalue weighted by molar-refractivity contribution is 0.317. The number of para-hydroxylation sites is 1. The van der Waals surface area contributed by atoms with E-state index < -0.39 is 0 Å². The molecule has 0 aliphatic heterocycles. The van der Waals surface area contributed by atoms with E-state index in [0.29, 0.717) is 28.9 Å². The zero-order valence-electron chi connectivity index (χ0n) is 15.5. The number of hydrogen-bond acceptors (Lipinski definition) is 6. The number of benzene rings is 2. The second-order valence-electron chi connectivity index (χ2n) is 6.51. The molecular weight excluding hydrogens is 368 g/mol. The molecule has 2 aromatic carbocycles. The normalized spacial score (nSPS) is 12.0. The molecule has 0 atom stereocenters. The number of furan rings is 1. The van der Waals surface area contributed by atoms with Crippen LogP contribution in [0.3, 0.4) is 0 Å². The van der Waals surface area contributed by atoms with Gasteiger partial charge in [-0.15, -0.1) is 0 Å². The van der Waals surface area contributed by atoms with Gasteiger partial charge in [0.05, 0.1) is 0 Å². The first-order valence-corrected chi connectivity index (χ1v) is 9.01. The molecule has 142 valence electrons. The van der Waals surface area contributed by atoms with Crippen LogP contribution in [0, 0.1) is 6.92 Å². The summed E-state index contributed by atoms with van der Waals surface area (Å²) in [4.78, 5) is 8.49. The molecule has 0 amide bonds. The largest absolute Gasteiger partial charge is 0.456 e. The molecule has 0 saturated heterocycles. The molecule has 5 rings (SSSR count). The minimum Gasteiger partial charge on any atom is -0.456 e. The maximum atomic E-state index is 9.42. The molecule has 3 heterocycles. The number of rotatable bonds is 3. The van der Waals surface area contributed by atoms with Crippen molar-refractivity contribution in [2.24, 2.45) is 5.16 Å². The number of oxime groups is 1. The summed E-state index contributed by atoms with van der Waals surface area (Å²) >= 11 is 0. The van der Waals surface area contributed by atoms with E-state index in [4.69, 9.17) is 9.15 Å². The fraction of sp³-hybridized carbons (Fsp3) is 0.0455. The van der Waals surface area contributed by atoms with Crippen LogP contribution in [-0.4, -0.2) is 25.6 Å². The highest BCUT2D eigenvalue weighted by molar-refractivity contribution is 6.05. The van der Waals surface area contributed by atoms with Crippen molar-refractivity contribution in [3.05, 3.63) is 84.6 Å². The Labute approximate surface area is 165 Å². The average molecular weight is 384 g/mol. The van der Waals surface area contributed by atoms with E-state index in [1.165, 1.54) is 0 Å². The second kappa shape index (κ2) is 6.79. The van der Waals surface area contributed by atoms with Crippen molar-refractivity contribution < 1.29 is 14.4 Å². The molecule has 29 heavy (non-hydrogen) atoms. The lowest BCUT2D eigenvalue weighted by Gasteiger charge is -2.09. The van der Waals surface area contributed by atoms with Crippen molar-refractivity contribution in [3.63, 3.8) is 0 Å². The molecule has 0 bridgehead atoms. The molecular formula is C22H16N4O3. The summed E-state index contributed by atoms with van der Waals surface area (Å²) in [7, 11) is 0. The van der Waals surface area contributed by atoms with Crippen LogP contribution in [0.15, 0.2) is 82.8 Å². The fourth-order valence-corrected chi connectivity index (χ4v) is 3.31. The van der Waals surface area contributed by atoms with Crippen molar-refractivity contribution in [3.8, 4) is 11.6 Å². The van der Waals surface area contributed by atoms with E-state index in [2.05, 4.69) is 15.1 Å². The zero-order chi connectivity index (χ0) is 19.8. The van der Waals surface area contributed by atoms with Crippen LogP contribution in [0.1, 0.15) is 11.4 Å². The van der Waals surface area contributed by atoms with Gasteiger partial charge in [-0.25, -0.2) is 9.97 Å². The first-order valence-electron chi connectivity index (χ1n) is 9.01. The van der Waals surface area contributed by atoms with Gasteiger partial charge in [-0.05, 0) is 37.3 Å². The third-order valence-corrected chi connectivity index (χ3v) is 4.71. The molecule has 0 radical (unpaired) electrons. The predicted molar refractivity (Wildman–Crippen MR) is 109 cm³/mol. The number of fused-ring (bicyclic) bond motifs is 3. The van der Waals surface area contributed by atoms with E-state index in [1.54, 1.807) is 35.3 Å². The van der Waals surface area contributed by atoms with Crippen LogP contribution < -0.4 is 4.74 Å². The Balaban J connectivity index is 1.44. The number of nitrogens with zero attached hydrogens (tertiary/aromatic N) is 4. The zero-order valence-corrected chi connectivity index (χ0v) is 15.5. The molecule has 0 fully saturated rings.